The molecule has 0 aromatic carbocycles. The molecule has 5 heteroatoms. The van der Waals surface area contributed by atoms with Crippen molar-refractivity contribution in [2.75, 3.05) is 19.0 Å². The number of nitrogens with one attached hydrogen (secondary N) is 1. The molecular formula is C13H20N4O. The van der Waals surface area contributed by atoms with E-state index in [0.717, 1.165) is 35.4 Å². The minimum absolute atomic E-state index is 0.362. The van der Waals surface area contributed by atoms with Crippen LogP contribution in [0.4, 0.5) is 5.69 Å². The molecule has 5 nitrogen and oxygen atoms in total. The molecule has 18 heavy (non-hydrogen) atoms. The highest BCUT2D eigenvalue weighted by Crippen LogP contribution is 2.19. The van der Waals surface area contributed by atoms with E-state index in [1.807, 2.05) is 24.9 Å². The van der Waals surface area contributed by atoms with Crippen LogP contribution in [0.2, 0.25) is 0 Å². The fraction of sp³-hybridized carbons (Fsp3) is 0.538. The summed E-state index contributed by atoms with van der Waals surface area (Å²) in [6.07, 6.45) is 2.83. The molecule has 0 amide bonds. The Hall–Kier alpha value is -1.62. The molecular weight excluding hydrogens is 228 g/mol. The number of hydrogen-bond donors (Lipinski definition) is 1. The van der Waals surface area contributed by atoms with Crippen molar-refractivity contribution in [3.8, 4) is 0 Å². The number of fused-ring (bicyclic) bond motifs is 1. The summed E-state index contributed by atoms with van der Waals surface area (Å²) in [6, 6.07) is 2.47. The summed E-state index contributed by atoms with van der Waals surface area (Å²) in [5.74, 6) is 0. The first-order valence-electron chi connectivity index (χ1n) is 6.16. The highest BCUT2D eigenvalue weighted by molar-refractivity contribution is 5.81. The van der Waals surface area contributed by atoms with Gasteiger partial charge in [0.2, 0.25) is 0 Å². The first-order valence-corrected chi connectivity index (χ1v) is 6.16. The van der Waals surface area contributed by atoms with Crippen molar-refractivity contribution in [1.82, 2.24) is 14.8 Å². The van der Waals surface area contributed by atoms with E-state index in [2.05, 4.69) is 28.4 Å². The van der Waals surface area contributed by atoms with Gasteiger partial charge in [-0.2, -0.15) is 5.10 Å². The standard InChI is InChI=1S/C13H20N4O/c1-9(5-6-18-4)15-11-7-12-10(2)16-17(3)13(12)14-8-11/h7-9,15H,5-6H2,1-4H3. The van der Waals surface area contributed by atoms with E-state index < -0.39 is 0 Å². The molecule has 1 atom stereocenters. The molecule has 0 spiro atoms. The second-order valence-electron chi connectivity index (χ2n) is 4.63. The smallest absolute Gasteiger partial charge is 0.157 e. The maximum Gasteiger partial charge on any atom is 0.157 e. The van der Waals surface area contributed by atoms with E-state index in [-0.39, 0.29) is 0 Å². The van der Waals surface area contributed by atoms with Crippen LogP contribution in [0.25, 0.3) is 11.0 Å². The third kappa shape index (κ3) is 2.61. The molecule has 2 heterocycles. The van der Waals surface area contributed by atoms with Gasteiger partial charge in [0.15, 0.2) is 5.65 Å². The van der Waals surface area contributed by atoms with E-state index in [0.29, 0.717) is 6.04 Å². The molecule has 2 rings (SSSR count). The Morgan fingerprint density at radius 2 is 2.28 bits per heavy atom. The van der Waals surface area contributed by atoms with E-state index in [4.69, 9.17) is 4.74 Å². The van der Waals surface area contributed by atoms with Gasteiger partial charge in [0.1, 0.15) is 0 Å². The van der Waals surface area contributed by atoms with Gasteiger partial charge in [0, 0.05) is 32.2 Å². The number of aryl methyl sites for hydroxylation is 2. The minimum Gasteiger partial charge on any atom is -0.385 e. The first kappa shape index (κ1) is 12.8. The number of rotatable bonds is 5. The summed E-state index contributed by atoms with van der Waals surface area (Å²) in [5.41, 5.74) is 2.96. The quantitative estimate of drug-likeness (QED) is 0.880. The fourth-order valence-electron chi connectivity index (χ4n) is 2.04. The van der Waals surface area contributed by atoms with Crippen molar-refractivity contribution in [2.24, 2.45) is 7.05 Å². The van der Waals surface area contributed by atoms with Crippen LogP contribution in [0.5, 0.6) is 0 Å². The number of anilines is 1. The molecule has 1 N–H and O–H groups in total. The molecule has 0 radical (unpaired) electrons. The van der Waals surface area contributed by atoms with Crippen LogP contribution in [0.3, 0.4) is 0 Å². The number of aromatic nitrogens is 3. The van der Waals surface area contributed by atoms with Crippen LogP contribution >= 0.6 is 0 Å². The lowest BCUT2D eigenvalue weighted by Gasteiger charge is -2.14. The molecule has 2 aromatic rings. The number of nitrogens with zero attached hydrogens (tertiary/aromatic N) is 3. The summed E-state index contributed by atoms with van der Waals surface area (Å²) < 4.78 is 6.88. The third-order valence-corrected chi connectivity index (χ3v) is 3.03. The van der Waals surface area contributed by atoms with E-state index in [9.17, 15) is 0 Å². The van der Waals surface area contributed by atoms with E-state index in [1.54, 1.807) is 7.11 Å². The van der Waals surface area contributed by atoms with Crippen molar-refractivity contribution in [2.45, 2.75) is 26.3 Å². The number of pyridine rings is 1. The summed E-state index contributed by atoms with van der Waals surface area (Å²) in [4.78, 5) is 4.44. The molecule has 0 fully saturated rings. The second kappa shape index (κ2) is 5.35. The highest BCUT2D eigenvalue weighted by Gasteiger charge is 2.08. The molecule has 0 aliphatic rings. The Balaban J connectivity index is 2.17. The van der Waals surface area contributed by atoms with Crippen molar-refractivity contribution in [3.63, 3.8) is 0 Å². The Labute approximate surface area is 107 Å². The van der Waals surface area contributed by atoms with Gasteiger partial charge >= 0.3 is 0 Å². The van der Waals surface area contributed by atoms with Gasteiger partial charge in [-0.05, 0) is 26.3 Å². The number of ether oxygens (including phenoxy) is 1. The van der Waals surface area contributed by atoms with E-state index in [1.165, 1.54) is 0 Å². The van der Waals surface area contributed by atoms with Crippen LogP contribution in [-0.2, 0) is 11.8 Å². The summed E-state index contributed by atoms with van der Waals surface area (Å²) in [7, 11) is 3.63. The second-order valence-corrected chi connectivity index (χ2v) is 4.63. The Morgan fingerprint density at radius 3 is 3.00 bits per heavy atom. The lowest BCUT2D eigenvalue weighted by Crippen LogP contribution is -2.17. The normalized spacial score (nSPS) is 12.9. The topological polar surface area (TPSA) is 52.0 Å². The van der Waals surface area contributed by atoms with Gasteiger partial charge in [-0.15, -0.1) is 0 Å². The number of methoxy groups -OCH3 is 1. The van der Waals surface area contributed by atoms with Gasteiger partial charge in [0.25, 0.3) is 0 Å². The predicted molar refractivity (Wildman–Crippen MR) is 72.8 cm³/mol. The Morgan fingerprint density at radius 1 is 1.50 bits per heavy atom. The molecule has 2 aromatic heterocycles. The lowest BCUT2D eigenvalue weighted by molar-refractivity contribution is 0.191. The minimum atomic E-state index is 0.362. The highest BCUT2D eigenvalue weighted by atomic mass is 16.5. The molecule has 0 aliphatic carbocycles. The van der Waals surface area contributed by atoms with Gasteiger partial charge in [-0.1, -0.05) is 0 Å². The average molecular weight is 248 g/mol. The molecule has 98 valence electrons. The molecule has 0 saturated heterocycles. The van der Waals surface area contributed by atoms with Crippen molar-refractivity contribution in [3.05, 3.63) is 18.0 Å². The zero-order chi connectivity index (χ0) is 13.1. The van der Waals surface area contributed by atoms with E-state index >= 15 is 0 Å². The zero-order valence-electron chi connectivity index (χ0n) is 11.4. The first-order chi connectivity index (χ1) is 8.61. The SMILES string of the molecule is COCCC(C)Nc1cnc2c(c1)c(C)nn2C. The molecule has 0 aliphatic heterocycles. The van der Waals surface area contributed by atoms with Gasteiger partial charge < -0.3 is 10.1 Å². The van der Waals surface area contributed by atoms with Gasteiger partial charge in [-0.25, -0.2) is 4.98 Å². The van der Waals surface area contributed by atoms with Crippen molar-refractivity contribution >= 4 is 16.7 Å². The van der Waals surface area contributed by atoms with Gasteiger partial charge in [0.05, 0.1) is 17.6 Å². The Bertz CT molecular complexity index is 535. The number of hydrogen-bond acceptors (Lipinski definition) is 4. The maximum atomic E-state index is 5.07. The summed E-state index contributed by atoms with van der Waals surface area (Å²) in [5, 5.41) is 8.89. The fourth-order valence-corrected chi connectivity index (χ4v) is 2.04. The average Bonchev–Trinajstić information content (AvgIpc) is 2.62. The van der Waals surface area contributed by atoms with Gasteiger partial charge in [-0.3, -0.25) is 4.68 Å². The Kier molecular flexibility index (Phi) is 3.81. The summed E-state index contributed by atoms with van der Waals surface area (Å²) in [6.45, 7) is 4.90. The van der Waals surface area contributed by atoms with Crippen LogP contribution in [-0.4, -0.2) is 34.5 Å². The monoisotopic (exact) mass is 248 g/mol. The maximum absolute atomic E-state index is 5.07. The molecule has 0 bridgehead atoms. The predicted octanol–water partition coefficient (Wildman–Crippen LogP) is 2.11. The van der Waals surface area contributed by atoms with Crippen LogP contribution in [0.1, 0.15) is 19.0 Å². The third-order valence-electron chi connectivity index (χ3n) is 3.03. The summed E-state index contributed by atoms with van der Waals surface area (Å²) >= 11 is 0. The van der Waals surface area contributed by atoms with Crippen molar-refractivity contribution in [1.29, 1.82) is 0 Å². The molecule has 0 saturated carbocycles. The van der Waals surface area contributed by atoms with Crippen LogP contribution in [0.15, 0.2) is 12.3 Å². The van der Waals surface area contributed by atoms with Crippen molar-refractivity contribution < 1.29 is 4.74 Å². The van der Waals surface area contributed by atoms with Crippen LogP contribution in [0, 0.1) is 6.92 Å². The lowest BCUT2D eigenvalue weighted by atomic mass is 10.2. The zero-order valence-corrected chi connectivity index (χ0v) is 11.4. The van der Waals surface area contributed by atoms with Crippen LogP contribution < -0.4 is 5.32 Å². The largest absolute Gasteiger partial charge is 0.385 e. The molecule has 1 unspecified atom stereocenters.